The molecule has 2 N–H and O–H groups in total. The van der Waals surface area contributed by atoms with Gasteiger partial charge in [-0.15, -0.1) is 0 Å². The molecule has 13 heavy (non-hydrogen) atoms. The van der Waals surface area contributed by atoms with Gasteiger partial charge in [-0.3, -0.25) is 0 Å². The molecule has 72 valence electrons. The molecule has 0 saturated heterocycles. The number of rotatable bonds is 3. The quantitative estimate of drug-likeness (QED) is 0.838. The minimum Gasteiger partial charge on any atom is -0.324 e. The van der Waals surface area contributed by atoms with Gasteiger partial charge in [-0.2, -0.15) is 0 Å². The molecular formula is C8H9BrF2N2. The molecule has 0 aliphatic heterocycles. The van der Waals surface area contributed by atoms with E-state index < -0.39 is 12.5 Å². The molecule has 5 heteroatoms. The van der Waals surface area contributed by atoms with Crippen molar-refractivity contribution in [3.05, 3.63) is 28.5 Å². The van der Waals surface area contributed by atoms with Gasteiger partial charge in [-0.1, -0.05) is 6.07 Å². The number of pyridine rings is 1. The van der Waals surface area contributed by atoms with E-state index in [4.69, 9.17) is 5.73 Å². The van der Waals surface area contributed by atoms with Gasteiger partial charge >= 0.3 is 0 Å². The lowest BCUT2D eigenvalue weighted by molar-refractivity contribution is 0.128. The number of hydrogen-bond acceptors (Lipinski definition) is 2. The second-order valence-corrected chi connectivity index (χ2v) is 3.46. The Kier molecular flexibility index (Phi) is 3.74. The van der Waals surface area contributed by atoms with Crippen molar-refractivity contribution in [2.24, 2.45) is 5.73 Å². The summed E-state index contributed by atoms with van der Waals surface area (Å²) >= 11 is 3.15. The average molecular weight is 251 g/mol. The highest BCUT2D eigenvalue weighted by Crippen LogP contribution is 2.18. The first-order valence-electron chi connectivity index (χ1n) is 3.75. The molecule has 1 aromatic heterocycles. The maximum Gasteiger partial charge on any atom is 0.240 e. The molecule has 0 aliphatic rings. The molecule has 0 spiro atoms. The summed E-state index contributed by atoms with van der Waals surface area (Å²) in [5.41, 5.74) is 6.14. The van der Waals surface area contributed by atoms with Gasteiger partial charge in [-0.05, 0) is 27.6 Å². The fourth-order valence-corrected chi connectivity index (χ4v) is 1.17. The average Bonchev–Trinajstić information content (AvgIpc) is 2.04. The third kappa shape index (κ3) is 3.36. The van der Waals surface area contributed by atoms with Crippen LogP contribution in [0.4, 0.5) is 8.78 Å². The van der Waals surface area contributed by atoms with Crippen molar-refractivity contribution >= 4 is 15.9 Å². The number of halogens is 3. The second-order valence-electron chi connectivity index (χ2n) is 2.65. The van der Waals surface area contributed by atoms with E-state index in [0.29, 0.717) is 10.2 Å². The fourth-order valence-electron chi connectivity index (χ4n) is 0.935. The van der Waals surface area contributed by atoms with Crippen LogP contribution in [0.5, 0.6) is 0 Å². The van der Waals surface area contributed by atoms with Gasteiger partial charge < -0.3 is 5.73 Å². The molecule has 0 unspecified atom stereocenters. The zero-order valence-corrected chi connectivity index (χ0v) is 8.34. The molecule has 0 saturated carbocycles. The maximum absolute atomic E-state index is 11.9. The first kappa shape index (κ1) is 10.5. The molecule has 0 aliphatic carbocycles. The van der Waals surface area contributed by atoms with E-state index in [2.05, 4.69) is 20.9 Å². The highest BCUT2D eigenvalue weighted by atomic mass is 79.9. The lowest BCUT2D eigenvalue weighted by atomic mass is 10.1. The van der Waals surface area contributed by atoms with Crippen molar-refractivity contribution < 1.29 is 8.78 Å². The van der Waals surface area contributed by atoms with Gasteiger partial charge in [0, 0.05) is 18.7 Å². The molecule has 1 aromatic rings. The summed E-state index contributed by atoms with van der Waals surface area (Å²) in [7, 11) is 0. The summed E-state index contributed by atoms with van der Waals surface area (Å²) in [6.07, 6.45) is -1.21. The predicted octanol–water partition coefficient (Wildman–Crippen LogP) is 2.50. The Morgan fingerprint density at radius 3 is 2.62 bits per heavy atom. The molecule has 0 aromatic carbocycles. The summed E-state index contributed by atoms with van der Waals surface area (Å²) in [5, 5.41) is 0. The van der Waals surface area contributed by atoms with Crippen molar-refractivity contribution in [3.8, 4) is 0 Å². The summed E-state index contributed by atoms with van der Waals surface area (Å²) in [6.45, 7) is 0. The molecule has 0 amide bonds. The summed E-state index contributed by atoms with van der Waals surface area (Å²) < 4.78 is 24.5. The maximum atomic E-state index is 11.9. The lowest BCUT2D eigenvalue weighted by Crippen LogP contribution is -2.14. The molecule has 1 atom stereocenters. The van der Waals surface area contributed by atoms with E-state index in [-0.39, 0.29) is 6.42 Å². The Labute approximate surface area is 83.3 Å². The number of nitrogens with two attached hydrogens (primary N) is 1. The Bertz CT molecular complexity index is 263. The Hall–Kier alpha value is -0.550. The Balaban J connectivity index is 2.66. The lowest BCUT2D eigenvalue weighted by Gasteiger charge is -2.10. The minimum atomic E-state index is -2.38. The van der Waals surface area contributed by atoms with Crippen molar-refractivity contribution in [2.75, 3.05) is 0 Å². The summed E-state index contributed by atoms with van der Waals surface area (Å²) in [5.74, 6) is 0. The van der Waals surface area contributed by atoms with Gasteiger partial charge in [0.05, 0.1) is 0 Å². The van der Waals surface area contributed by atoms with Crippen LogP contribution >= 0.6 is 15.9 Å². The Morgan fingerprint density at radius 1 is 1.46 bits per heavy atom. The standard InChI is InChI=1S/C8H9BrF2N2/c9-7-2-1-5(4-13-7)6(12)3-8(10)11/h1-2,4,6,8H,3,12H2/t6-/m0/s1. The molecule has 0 fully saturated rings. The number of aromatic nitrogens is 1. The van der Waals surface area contributed by atoms with Gasteiger partial charge in [-0.25, -0.2) is 13.8 Å². The van der Waals surface area contributed by atoms with Gasteiger partial charge in [0.1, 0.15) is 4.60 Å². The van der Waals surface area contributed by atoms with Crippen molar-refractivity contribution in [1.82, 2.24) is 4.98 Å². The monoisotopic (exact) mass is 250 g/mol. The highest BCUT2D eigenvalue weighted by Gasteiger charge is 2.12. The first-order chi connectivity index (χ1) is 6.09. The normalized spacial score (nSPS) is 13.3. The van der Waals surface area contributed by atoms with Crippen LogP contribution in [0.1, 0.15) is 18.0 Å². The third-order valence-corrected chi connectivity index (χ3v) is 2.08. The zero-order valence-electron chi connectivity index (χ0n) is 6.75. The molecule has 1 rings (SSSR count). The predicted molar refractivity (Wildman–Crippen MR) is 49.5 cm³/mol. The van der Waals surface area contributed by atoms with E-state index >= 15 is 0 Å². The smallest absolute Gasteiger partial charge is 0.240 e. The van der Waals surface area contributed by atoms with E-state index in [9.17, 15) is 8.78 Å². The van der Waals surface area contributed by atoms with Crippen LogP contribution < -0.4 is 5.73 Å². The van der Waals surface area contributed by atoms with E-state index in [0.717, 1.165) is 0 Å². The SMILES string of the molecule is N[C@@H](CC(F)F)c1ccc(Br)nc1. The van der Waals surface area contributed by atoms with Crippen molar-refractivity contribution in [2.45, 2.75) is 18.9 Å². The Morgan fingerprint density at radius 2 is 2.15 bits per heavy atom. The number of hydrogen-bond donors (Lipinski definition) is 1. The third-order valence-electron chi connectivity index (χ3n) is 1.61. The molecule has 2 nitrogen and oxygen atoms in total. The second kappa shape index (κ2) is 4.62. The van der Waals surface area contributed by atoms with Crippen LogP contribution in [0.25, 0.3) is 0 Å². The largest absolute Gasteiger partial charge is 0.324 e. The molecule has 1 heterocycles. The van der Waals surface area contributed by atoms with E-state index in [1.54, 1.807) is 12.1 Å². The van der Waals surface area contributed by atoms with Crippen molar-refractivity contribution in [1.29, 1.82) is 0 Å². The van der Waals surface area contributed by atoms with E-state index in [1.807, 2.05) is 0 Å². The molecule has 0 bridgehead atoms. The van der Waals surface area contributed by atoms with Gasteiger partial charge in [0.15, 0.2) is 0 Å². The van der Waals surface area contributed by atoms with Crippen LogP contribution in [-0.2, 0) is 0 Å². The van der Waals surface area contributed by atoms with Gasteiger partial charge in [0.25, 0.3) is 0 Å². The number of alkyl halides is 2. The van der Waals surface area contributed by atoms with Crippen LogP contribution in [0.15, 0.2) is 22.9 Å². The van der Waals surface area contributed by atoms with Gasteiger partial charge in [0.2, 0.25) is 6.43 Å². The zero-order chi connectivity index (χ0) is 9.84. The van der Waals surface area contributed by atoms with Crippen LogP contribution in [0, 0.1) is 0 Å². The first-order valence-corrected chi connectivity index (χ1v) is 4.54. The molecular weight excluding hydrogens is 242 g/mol. The van der Waals surface area contributed by atoms with Crippen LogP contribution in [0.2, 0.25) is 0 Å². The van der Waals surface area contributed by atoms with Crippen LogP contribution in [-0.4, -0.2) is 11.4 Å². The topological polar surface area (TPSA) is 38.9 Å². The highest BCUT2D eigenvalue weighted by molar-refractivity contribution is 9.10. The summed E-state index contributed by atoms with van der Waals surface area (Å²) in [6, 6.07) is 2.73. The van der Waals surface area contributed by atoms with Crippen LogP contribution in [0.3, 0.4) is 0 Å². The fraction of sp³-hybridized carbons (Fsp3) is 0.375. The van der Waals surface area contributed by atoms with E-state index in [1.165, 1.54) is 6.20 Å². The molecule has 0 radical (unpaired) electrons. The van der Waals surface area contributed by atoms with Crippen molar-refractivity contribution in [3.63, 3.8) is 0 Å². The number of nitrogens with zero attached hydrogens (tertiary/aromatic N) is 1. The summed E-state index contributed by atoms with van der Waals surface area (Å²) in [4.78, 5) is 3.90. The minimum absolute atomic E-state index is 0.330.